The molecule has 1 aromatic rings. The van der Waals surface area contributed by atoms with E-state index < -0.39 is 17.2 Å². The third kappa shape index (κ3) is 3.33. The van der Waals surface area contributed by atoms with Crippen molar-refractivity contribution in [3.8, 4) is 0 Å². The van der Waals surface area contributed by atoms with Crippen molar-refractivity contribution in [2.75, 3.05) is 7.11 Å². The van der Waals surface area contributed by atoms with Gasteiger partial charge in [0.15, 0.2) is 0 Å². The predicted molar refractivity (Wildman–Crippen MR) is 72.0 cm³/mol. The van der Waals surface area contributed by atoms with E-state index in [4.69, 9.17) is 4.74 Å². The van der Waals surface area contributed by atoms with Gasteiger partial charge in [-0.05, 0) is 47.3 Å². The third-order valence-electron chi connectivity index (χ3n) is 3.75. The molecule has 0 aliphatic heterocycles. The zero-order valence-electron chi connectivity index (χ0n) is 10.8. The Morgan fingerprint density at radius 1 is 1.47 bits per heavy atom. The summed E-state index contributed by atoms with van der Waals surface area (Å²) in [6, 6.07) is 2.54. The molecular formula is C14H17BrF2O2. The molecule has 0 radical (unpaired) electrons. The Hall–Kier alpha value is -0.520. The van der Waals surface area contributed by atoms with Crippen molar-refractivity contribution in [2.45, 2.75) is 43.8 Å². The number of aliphatic hydroxyl groups is 1. The molecule has 1 aliphatic carbocycles. The van der Waals surface area contributed by atoms with Crippen molar-refractivity contribution >= 4 is 15.9 Å². The molecule has 2 atom stereocenters. The van der Waals surface area contributed by atoms with Gasteiger partial charge in [-0.25, -0.2) is 8.78 Å². The molecule has 2 nitrogen and oxygen atoms in total. The van der Waals surface area contributed by atoms with Crippen molar-refractivity contribution in [3.63, 3.8) is 0 Å². The van der Waals surface area contributed by atoms with E-state index in [-0.39, 0.29) is 22.6 Å². The van der Waals surface area contributed by atoms with E-state index in [0.29, 0.717) is 12.8 Å². The molecule has 0 spiro atoms. The molecule has 1 aliphatic rings. The first-order chi connectivity index (χ1) is 8.95. The van der Waals surface area contributed by atoms with Crippen LogP contribution < -0.4 is 0 Å². The Morgan fingerprint density at radius 3 is 2.89 bits per heavy atom. The Kier molecular flexibility index (Phi) is 4.58. The van der Waals surface area contributed by atoms with Gasteiger partial charge in [0.05, 0.1) is 16.2 Å². The van der Waals surface area contributed by atoms with Gasteiger partial charge in [-0.3, -0.25) is 0 Å². The lowest BCUT2D eigenvalue weighted by atomic mass is 9.79. The topological polar surface area (TPSA) is 29.5 Å². The van der Waals surface area contributed by atoms with Crippen molar-refractivity contribution < 1.29 is 18.6 Å². The SMILES string of the molecule is COC1CCCC(O)(Cc2c(F)ccc(Br)c2F)C1. The van der Waals surface area contributed by atoms with Gasteiger partial charge in [-0.1, -0.05) is 0 Å². The van der Waals surface area contributed by atoms with Gasteiger partial charge in [0.1, 0.15) is 11.6 Å². The molecule has 19 heavy (non-hydrogen) atoms. The molecule has 1 N–H and O–H groups in total. The van der Waals surface area contributed by atoms with E-state index in [0.717, 1.165) is 12.8 Å². The summed E-state index contributed by atoms with van der Waals surface area (Å²) < 4.78 is 33.1. The number of rotatable bonds is 3. The lowest BCUT2D eigenvalue weighted by Crippen LogP contribution is -2.40. The third-order valence-corrected chi connectivity index (χ3v) is 4.37. The summed E-state index contributed by atoms with van der Waals surface area (Å²) >= 11 is 3.04. The molecule has 0 aromatic heterocycles. The number of halogens is 3. The number of benzene rings is 1. The Morgan fingerprint density at radius 2 is 2.21 bits per heavy atom. The molecule has 2 unspecified atom stereocenters. The van der Waals surface area contributed by atoms with E-state index in [1.165, 1.54) is 12.1 Å². The average Bonchev–Trinajstić information content (AvgIpc) is 2.39. The molecule has 106 valence electrons. The van der Waals surface area contributed by atoms with Gasteiger partial charge in [-0.2, -0.15) is 0 Å². The van der Waals surface area contributed by atoms with Gasteiger partial charge in [-0.15, -0.1) is 0 Å². The van der Waals surface area contributed by atoms with Crippen LogP contribution in [0.5, 0.6) is 0 Å². The highest BCUT2D eigenvalue weighted by atomic mass is 79.9. The van der Waals surface area contributed by atoms with Crippen LogP contribution in [0.3, 0.4) is 0 Å². The fourth-order valence-corrected chi connectivity index (χ4v) is 3.08. The van der Waals surface area contributed by atoms with Crippen molar-refractivity contribution in [1.82, 2.24) is 0 Å². The Balaban J connectivity index is 2.23. The average molecular weight is 335 g/mol. The zero-order valence-corrected chi connectivity index (χ0v) is 12.3. The van der Waals surface area contributed by atoms with Crippen LogP contribution in [0, 0.1) is 11.6 Å². The van der Waals surface area contributed by atoms with Crippen molar-refractivity contribution in [2.24, 2.45) is 0 Å². The smallest absolute Gasteiger partial charge is 0.143 e. The van der Waals surface area contributed by atoms with E-state index in [9.17, 15) is 13.9 Å². The summed E-state index contributed by atoms with van der Waals surface area (Å²) in [7, 11) is 1.59. The van der Waals surface area contributed by atoms with Gasteiger partial charge < -0.3 is 9.84 Å². The number of hydrogen-bond acceptors (Lipinski definition) is 2. The molecule has 1 saturated carbocycles. The van der Waals surface area contributed by atoms with Crippen LogP contribution in [0.1, 0.15) is 31.2 Å². The summed E-state index contributed by atoms with van der Waals surface area (Å²) in [6.07, 6.45) is 2.56. The molecule has 0 saturated heterocycles. The number of hydrogen-bond donors (Lipinski definition) is 1. The second-order valence-corrected chi connectivity index (χ2v) is 6.03. The number of ether oxygens (including phenoxy) is 1. The first kappa shape index (κ1) is 14.9. The van der Waals surface area contributed by atoms with Crippen LogP contribution in [-0.2, 0) is 11.2 Å². The van der Waals surface area contributed by atoms with Gasteiger partial charge >= 0.3 is 0 Å². The largest absolute Gasteiger partial charge is 0.389 e. The summed E-state index contributed by atoms with van der Waals surface area (Å²) in [5.41, 5.74) is -1.16. The Labute approximate surface area is 119 Å². The van der Waals surface area contributed by atoms with Crippen LogP contribution in [0.25, 0.3) is 0 Å². The van der Waals surface area contributed by atoms with Crippen LogP contribution in [-0.4, -0.2) is 23.9 Å². The standard InChI is InChI=1S/C14H17BrF2O2/c1-19-9-3-2-6-14(18,7-9)8-10-12(16)5-4-11(15)13(10)17/h4-5,9,18H,2-3,6-8H2,1H3. The highest BCUT2D eigenvalue weighted by molar-refractivity contribution is 9.10. The predicted octanol–water partition coefficient (Wildman–Crippen LogP) is 3.59. The van der Waals surface area contributed by atoms with Crippen molar-refractivity contribution in [1.29, 1.82) is 0 Å². The lowest BCUT2D eigenvalue weighted by Gasteiger charge is -2.36. The lowest BCUT2D eigenvalue weighted by molar-refractivity contribution is -0.0589. The normalized spacial score (nSPS) is 27.5. The zero-order chi connectivity index (χ0) is 14.0. The van der Waals surface area contributed by atoms with Gasteiger partial charge in [0.25, 0.3) is 0 Å². The van der Waals surface area contributed by atoms with Gasteiger partial charge in [0.2, 0.25) is 0 Å². The summed E-state index contributed by atoms with van der Waals surface area (Å²) in [4.78, 5) is 0. The van der Waals surface area contributed by atoms with Gasteiger partial charge in [0, 0.05) is 25.5 Å². The molecule has 0 heterocycles. The second kappa shape index (κ2) is 5.85. The van der Waals surface area contributed by atoms with Crippen LogP contribution >= 0.6 is 15.9 Å². The monoisotopic (exact) mass is 334 g/mol. The molecular weight excluding hydrogens is 318 g/mol. The fraction of sp³-hybridized carbons (Fsp3) is 0.571. The molecule has 0 amide bonds. The first-order valence-electron chi connectivity index (χ1n) is 6.33. The highest BCUT2D eigenvalue weighted by Gasteiger charge is 2.36. The molecule has 2 rings (SSSR count). The summed E-state index contributed by atoms with van der Waals surface area (Å²) in [6.45, 7) is 0. The molecule has 1 aromatic carbocycles. The molecule has 0 bridgehead atoms. The minimum absolute atomic E-state index is 0.0238. The molecule has 1 fully saturated rings. The highest BCUT2D eigenvalue weighted by Crippen LogP contribution is 2.34. The van der Waals surface area contributed by atoms with Crippen molar-refractivity contribution in [3.05, 3.63) is 33.8 Å². The van der Waals surface area contributed by atoms with Crippen LogP contribution in [0.2, 0.25) is 0 Å². The first-order valence-corrected chi connectivity index (χ1v) is 7.12. The number of methoxy groups -OCH3 is 1. The maximum Gasteiger partial charge on any atom is 0.143 e. The minimum Gasteiger partial charge on any atom is -0.389 e. The Bertz CT molecular complexity index is 467. The minimum atomic E-state index is -1.10. The van der Waals surface area contributed by atoms with E-state index in [1.54, 1.807) is 7.11 Å². The van der Waals surface area contributed by atoms with E-state index >= 15 is 0 Å². The quantitative estimate of drug-likeness (QED) is 0.856. The maximum absolute atomic E-state index is 13.9. The second-order valence-electron chi connectivity index (χ2n) is 5.18. The summed E-state index contributed by atoms with van der Waals surface area (Å²) in [5.74, 6) is -1.25. The van der Waals surface area contributed by atoms with Crippen LogP contribution in [0.15, 0.2) is 16.6 Å². The van der Waals surface area contributed by atoms with Crippen LogP contribution in [0.4, 0.5) is 8.78 Å². The summed E-state index contributed by atoms with van der Waals surface area (Å²) in [5, 5.41) is 10.5. The fourth-order valence-electron chi connectivity index (χ4n) is 2.71. The van der Waals surface area contributed by atoms with E-state index in [2.05, 4.69) is 15.9 Å². The molecule has 5 heteroatoms. The maximum atomic E-state index is 13.9. The van der Waals surface area contributed by atoms with E-state index in [1.807, 2.05) is 0 Å².